The fourth-order valence-electron chi connectivity index (χ4n) is 1.55. The average molecular weight is 248 g/mol. The van der Waals surface area contributed by atoms with Gasteiger partial charge in [0.1, 0.15) is 16.3 Å². The van der Waals surface area contributed by atoms with Crippen LogP contribution in [-0.4, -0.2) is 11.6 Å². The highest BCUT2D eigenvalue weighted by molar-refractivity contribution is 7.80. The van der Waals surface area contributed by atoms with E-state index in [2.05, 4.69) is 0 Å². The number of thiocarbonyl (C=S) groups is 1. The Bertz CT molecular complexity index is 634. The fraction of sp³-hybridized carbons (Fsp3) is 0.167. The average Bonchev–Trinajstić information content (AvgIpc) is 2.28. The number of benzene rings is 1. The molecule has 1 heterocycles. The predicted octanol–water partition coefficient (Wildman–Crippen LogP) is 1.95. The standard InChI is InChI=1S/C12H12N2O2S/c1-2-15-8-4-3-7-5-9(12(14)17)11(13)16-10(7)6-8/h3-6,13H,2H2,1H3,(H2,14,17). The zero-order chi connectivity index (χ0) is 12.4. The van der Waals surface area contributed by atoms with Crippen LogP contribution in [0.2, 0.25) is 0 Å². The lowest BCUT2D eigenvalue weighted by Gasteiger charge is -2.05. The number of hydrogen-bond donors (Lipinski definition) is 2. The molecular formula is C12H12N2O2S. The van der Waals surface area contributed by atoms with Crippen LogP contribution in [0.25, 0.3) is 11.0 Å². The molecule has 0 aliphatic rings. The Balaban J connectivity index is 2.62. The highest BCUT2D eigenvalue weighted by Crippen LogP contribution is 2.20. The minimum atomic E-state index is -0.0290. The second kappa shape index (κ2) is 4.55. The van der Waals surface area contributed by atoms with Gasteiger partial charge in [-0.25, -0.2) is 0 Å². The zero-order valence-corrected chi connectivity index (χ0v) is 10.1. The molecule has 88 valence electrons. The topological polar surface area (TPSA) is 72.2 Å². The van der Waals surface area contributed by atoms with Crippen molar-refractivity contribution in [2.45, 2.75) is 6.92 Å². The van der Waals surface area contributed by atoms with Gasteiger partial charge in [-0.05, 0) is 25.1 Å². The predicted molar refractivity (Wildman–Crippen MR) is 69.1 cm³/mol. The summed E-state index contributed by atoms with van der Waals surface area (Å²) in [7, 11) is 0. The van der Waals surface area contributed by atoms with Crippen LogP contribution >= 0.6 is 12.2 Å². The smallest absolute Gasteiger partial charge is 0.222 e. The number of ether oxygens (including phenoxy) is 1. The van der Waals surface area contributed by atoms with E-state index < -0.39 is 0 Å². The molecule has 2 aromatic rings. The Morgan fingerprint density at radius 3 is 2.88 bits per heavy atom. The van der Waals surface area contributed by atoms with E-state index in [0.717, 1.165) is 5.39 Å². The molecule has 0 amide bonds. The summed E-state index contributed by atoms with van der Waals surface area (Å²) in [6.07, 6.45) is 0. The lowest BCUT2D eigenvalue weighted by Crippen LogP contribution is -2.19. The van der Waals surface area contributed by atoms with Gasteiger partial charge in [0.15, 0.2) is 0 Å². The van der Waals surface area contributed by atoms with Gasteiger partial charge in [-0.2, -0.15) is 0 Å². The third kappa shape index (κ3) is 2.29. The van der Waals surface area contributed by atoms with Crippen LogP contribution in [0.4, 0.5) is 0 Å². The van der Waals surface area contributed by atoms with Crippen molar-refractivity contribution in [2.75, 3.05) is 6.61 Å². The van der Waals surface area contributed by atoms with Gasteiger partial charge in [0, 0.05) is 11.5 Å². The van der Waals surface area contributed by atoms with E-state index in [1.807, 2.05) is 19.1 Å². The van der Waals surface area contributed by atoms with Crippen molar-refractivity contribution < 1.29 is 9.15 Å². The maximum Gasteiger partial charge on any atom is 0.222 e. The molecule has 0 atom stereocenters. The van der Waals surface area contributed by atoms with Gasteiger partial charge < -0.3 is 14.9 Å². The molecule has 1 aromatic heterocycles. The maximum atomic E-state index is 7.68. The minimum Gasteiger partial charge on any atom is -0.494 e. The van der Waals surface area contributed by atoms with Crippen molar-refractivity contribution in [2.24, 2.45) is 5.73 Å². The summed E-state index contributed by atoms with van der Waals surface area (Å²) >= 11 is 4.85. The van der Waals surface area contributed by atoms with E-state index in [1.165, 1.54) is 0 Å². The molecule has 0 saturated carbocycles. The second-order valence-electron chi connectivity index (χ2n) is 3.49. The molecule has 2 rings (SSSR count). The minimum absolute atomic E-state index is 0.0290. The van der Waals surface area contributed by atoms with E-state index in [9.17, 15) is 0 Å². The molecule has 4 nitrogen and oxygen atoms in total. The van der Waals surface area contributed by atoms with Gasteiger partial charge in [0.2, 0.25) is 5.55 Å². The summed E-state index contributed by atoms with van der Waals surface area (Å²) in [5.74, 6) is 0.714. The van der Waals surface area contributed by atoms with Gasteiger partial charge in [0.25, 0.3) is 0 Å². The summed E-state index contributed by atoms with van der Waals surface area (Å²) < 4.78 is 10.7. The molecule has 17 heavy (non-hydrogen) atoms. The van der Waals surface area contributed by atoms with Gasteiger partial charge in [-0.15, -0.1) is 0 Å². The van der Waals surface area contributed by atoms with Gasteiger partial charge >= 0.3 is 0 Å². The summed E-state index contributed by atoms with van der Waals surface area (Å²) in [4.78, 5) is 0.162. The van der Waals surface area contributed by atoms with Crippen molar-refractivity contribution >= 4 is 28.2 Å². The lowest BCUT2D eigenvalue weighted by atomic mass is 10.2. The Labute approximate surface area is 104 Å². The molecule has 0 unspecified atom stereocenters. The number of fused-ring (bicyclic) bond motifs is 1. The molecule has 0 radical (unpaired) electrons. The Morgan fingerprint density at radius 2 is 2.24 bits per heavy atom. The molecule has 5 heteroatoms. The van der Waals surface area contributed by atoms with Crippen molar-refractivity contribution in [1.29, 1.82) is 5.41 Å². The summed E-state index contributed by atoms with van der Waals surface area (Å²) in [5, 5.41) is 8.52. The molecular weight excluding hydrogens is 236 g/mol. The molecule has 1 aromatic carbocycles. The van der Waals surface area contributed by atoms with E-state index in [1.54, 1.807) is 12.1 Å². The summed E-state index contributed by atoms with van der Waals surface area (Å²) in [6.45, 7) is 2.50. The van der Waals surface area contributed by atoms with Crippen LogP contribution < -0.4 is 16.0 Å². The number of nitrogens with one attached hydrogen (secondary N) is 1. The Kier molecular flexibility index (Phi) is 3.10. The molecule has 0 aliphatic heterocycles. The molecule has 0 fully saturated rings. The first kappa shape index (κ1) is 11.6. The normalized spacial score (nSPS) is 10.4. The van der Waals surface area contributed by atoms with Crippen molar-refractivity contribution in [3.05, 3.63) is 35.4 Å². The van der Waals surface area contributed by atoms with Gasteiger partial charge in [0.05, 0.1) is 12.2 Å². The van der Waals surface area contributed by atoms with E-state index in [-0.39, 0.29) is 10.5 Å². The van der Waals surface area contributed by atoms with Gasteiger partial charge in [-0.3, -0.25) is 5.41 Å². The largest absolute Gasteiger partial charge is 0.494 e. The number of hydrogen-bond acceptors (Lipinski definition) is 4. The van der Waals surface area contributed by atoms with Crippen LogP contribution in [0, 0.1) is 5.41 Å². The maximum absolute atomic E-state index is 7.68. The lowest BCUT2D eigenvalue weighted by molar-refractivity contribution is 0.340. The van der Waals surface area contributed by atoms with Crippen molar-refractivity contribution in [1.82, 2.24) is 0 Å². The quantitative estimate of drug-likeness (QED) is 0.814. The fourth-order valence-corrected chi connectivity index (χ4v) is 1.70. The third-order valence-corrected chi connectivity index (χ3v) is 2.54. The first-order valence-electron chi connectivity index (χ1n) is 5.17. The van der Waals surface area contributed by atoms with Gasteiger partial charge in [-0.1, -0.05) is 12.2 Å². The van der Waals surface area contributed by atoms with Crippen LogP contribution in [-0.2, 0) is 0 Å². The van der Waals surface area contributed by atoms with Crippen LogP contribution in [0.3, 0.4) is 0 Å². The highest BCUT2D eigenvalue weighted by atomic mass is 32.1. The Hall–Kier alpha value is -1.88. The molecule has 0 aliphatic carbocycles. The molecule has 0 saturated heterocycles. The Morgan fingerprint density at radius 1 is 1.47 bits per heavy atom. The van der Waals surface area contributed by atoms with Crippen molar-refractivity contribution in [3.8, 4) is 5.75 Å². The summed E-state index contributed by atoms with van der Waals surface area (Å²) in [5.41, 5.74) is 6.51. The number of rotatable bonds is 3. The SMILES string of the molecule is CCOc1ccc2cc(C(N)=S)c(=N)oc2c1. The van der Waals surface area contributed by atoms with Crippen LogP contribution in [0.15, 0.2) is 28.7 Å². The van der Waals surface area contributed by atoms with Crippen LogP contribution in [0.1, 0.15) is 12.5 Å². The summed E-state index contributed by atoms with van der Waals surface area (Å²) in [6, 6.07) is 7.19. The second-order valence-corrected chi connectivity index (χ2v) is 3.93. The third-order valence-electron chi connectivity index (χ3n) is 2.32. The van der Waals surface area contributed by atoms with E-state index in [0.29, 0.717) is 23.5 Å². The first-order valence-corrected chi connectivity index (χ1v) is 5.57. The first-order chi connectivity index (χ1) is 8.11. The molecule has 0 bridgehead atoms. The molecule has 0 spiro atoms. The number of nitrogens with two attached hydrogens (primary N) is 1. The van der Waals surface area contributed by atoms with E-state index >= 15 is 0 Å². The highest BCUT2D eigenvalue weighted by Gasteiger charge is 2.06. The monoisotopic (exact) mass is 248 g/mol. The zero-order valence-electron chi connectivity index (χ0n) is 9.32. The van der Waals surface area contributed by atoms with Crippen LogP contribution in [0.5, 0.6) is 5.75 Å². The molecule has 3 N–H and O–H groups in total. The van der Waals surface area contributed by atoms with Crippen molar-refractivity contribution in [3.63, 3.8) is 0 Å². The van der Waals surface area contributed by atoms with E-state index in [4.69, 9.17) is 32.5 Å².